The molecule has 1 aliphatic rings. The molecular formula is C22H27N5O2. The van der Waals surface area contributed by atoms with Gasteiger partial charge in [0.25, 0.3) is 0 Å². The van der Waals surface area contributed by atoms with Crippen LogP contribution >= 0.6 is 0 Å². The number of hydrogen-bond acceptors (Lipinski definition) is 5. The molecule has 0 saturated carbocycles. The molecule has 1 aliphatic heterocycles. The van der Waals surface area contributed by atoms with E-state index < -0.39 is 0 Å². The average molecular weight is 393 g/mol. The number of aromatic nitrogens is 4. The Morgan fingerprint density at radius 1 is 1.21 bits per heavy atom. The summed E-state index contributed by atoms with van der Waals surface area (Å²) in [6, 6.07) is 8.12. The molecular weight excluding hydrogens is 366 g/mol. The number of aliphatic hydroxyl groups excluding tert-OH is 1. The van der Waals surface area contributed by atoms with Gasteiger partial charge in [-0.3, -0.25) is 14.5 Å². The summed E-state index contributed by atoms with van der Waals surface area (Å²) >= 11 is 0. The zero-order valence-electron chi connectivity index (χ0n) is 16.7. The molecule has 152 valence electrons. The van der Waals surface area contributed by atoms with Crippen LogP contribution in [0.3, 0.4) is 0 Å². The predicted octanol–water partition coefficient (Wildman–Crippen LogP) is 3.07. The number of para-hydroxylation sites is 2. The third-order valence-corrected chi connectivity index (χ3v) is 5.71. The minimum Gasteiger partial charge on any atom is -0.396 e. The maximum Gasteiger partial charge on any atom is 0.225 e. The van der Waals surface area contributed by atoms with E-state index in [4.69, 9.17) is 10.1 Å². The van der Waals surface area contributed by atoms with Crippen LogP contribution in [-0.2, 0) is 4.79 Å². The Balaban J connectivity index is 1.39. The Morgan fingerprint density at radius 3 is 2.72 bits per heavy atom. The molecule has 4 rings (SSSR count). The second kappa shape index (κ2) is 8.69. The number of piperidine rings is 1. The zero-order valence-corrected chi connectivity index (χ0v) is 16.7. The average Bonchev–Trinajstić information content (AvgIpc) is 3.27. The summed E-state index contributed by atoms with van der Waals surface area (Å²) in [5.74, 6) is 0.172. The van der Waals surface area contributed by atoms with Gasteiger partial charge < -0.3 is 10.0 Å². The standard InChI is InChI=1S/C22H27N5O2/c1-16(5-4-12-28)22(29)26-10-8-18(9-11-26)27-15-17(13-24-27)21-14-23-19-6-2-3-7-20(19)25-21/h2-3,6-7,13-16,18,28H,4-5,8-12H2,1H3. The smallest absolute Gasteiger partial charge is 0.225 e. The van der Waals surface area contributed by atoms with Crippen molar-refractivity contribution in [1.29, 1.82) is 0 Å². The van der Waals surface area contributed by atoms with Gasteiger partial charge in [-0.05, 0) is 37.8 Å². The van der Waals surface area contributed by atoms with Gasteiger partial charge in [0.15, 0.2) is 0 Å². The van der Waals surface area contributed by atoms with Crippen LogP contribution < -0.4 is 0 Å². The Labute approximate surface area is 170 Å². The van der Waals surface area contributed by atoms with Crippen molar-refractivity contribution in [3.63, 3.8) is 0 Å². The molecule has 7 heteroatoms. The van der Waals surface area contributed by atoms with Gasteiger partial charge in [-0.15, -0.1) is 0 Å². The number of carbonyl (C=O) groups excluding carboxylic acids is 1. The summed E-state index contributed by atoms with van der Waals surface area (Å²) in [6.07, 6.45) is 8.87. The fraction of sp³-hybridized carbons (Fsp3) is 0.455. The third kappa shape index (κ3) is 4.29. The lowest BCUT2D eigenvalue weighted by atomic mass is 10.00. The minimum absolute atomic E-state index is 0.0264. The molecule has 1 saturated heterocycles. The van der Waals surface area contributed by atoms with Gasteiger partial charge in [0.1, 0.15) is 0 Å². The summed E-state index contributed by atoms with van der Waals surface area (Å²) in [4.78, 5) is 23.7. The second-order valence-corrected chi connectivity index (χ2v) is 7.78. The first kappa shape index (κ1) is 19.5. The van der Waals surface area contributed by atoms with E-state index in [0.717, 1.165) is 54.6 Å². The molecule has 2 aromatic heterocycles. The van der Waals surface area contributed by atoms with Crippen LogP contribution in [0.5, 0.6) is 0 Å². The van der Waals surface area contributed by atoms with Crippen molar-refractivity contribution in [2.45, 2.75) is 38.6 Å². The number of nitrogens with zero attached hydrogens (tertiary/aromatic N) is 5. The lowest BCUT2D eigenvalue weighted by molar-refractivity contribution is -0.136. The van der Waals surface area contributed by atoms with Gasteiger partial charge in [-0.25, -0.2) is 4.98 Å². The van der Waals surface area contributed by atoms with E-state index in [1.54, 1.807) is 6.20 Å². The first-order valence-corrected chi connectivity index (χ1v) is 10.3. The molecule has 3 heterocycles. The number of amides is 1. The van der Waals surface area contributed by atoms with Crippen molar-refractivity contribution in [3.8, 4) is 11.3 Å². The normalized spacial score (nSPS) is 16.3. The molecule has 3 aromatic rings. The van der Waals surface area contributed by atoms with Crippen molar-refractivity contribution < 1.29 is 9.90 Å². The molecule has 1 amide bonds. The van der Waals surface area contributed by atoms with Crippen LogP contribution in [-0.4, -0.2) is 55.4 Å². The van der Waals surface area contributed by atoms with E-state index in [2.05, 4.69) is 10.1 Å². The van der Waals surface area contributed by atoms with Gasteiger partial charge >= 0.3 is 0 Å². The van der Waals surface area contributed by atoms with Crippen molar-refractivity contribution in [2.24, 2.45) is 5.92 Å². The maximum absolute atomic E-state index is 12.6. The van der Waals surface area contributed by atoms with Gasteiger partial charge in [-0.2, -0.15) is 5.10 Å². The highest BCUT2D eigenvalue weighted by Crippen LogP contribution is 2.26. The van der Waals surface area contributed by atoms with E-state index in [1.165, 1.54) is 0 Å². The minimum atomic E-state index is -0.0264. The van der Waals surface area contributed by atoms with Crippen molar-refractivity contribution in [1.82, 2.24) is 24.6 Å². The molecule has 1 atom stereocenters. The first-order chi connectivity index (χ1) is 14.2. The fourth-order valence-corrected chi connectivity index (χ4v) is 3.95. The lowest BCUT2D eigenvalue weighted by Gasteiger charge is -2.33. The van der Waals surface area contributed by atoms with Crippen LogP contribution in [0.1, 0.15) is 38.6 Å². The Hall–Kier alpha value is -2.80. The van der Waals surface area contributed by atoms with E-state index in [-0.39, 0.29) is 24.5 Å². The third-order valence-electron chi connectivity index (χ3n) is 5.71. The van der Waals surface area contributed by atoms with Gasteiger partial charge in [-0.1, -0.05) is 19.1 Å². The van der Waals surface area contributed by atoms with Crippen LogP contribution in [0.4, 0.5) is 0 Å². The molecule has 29 heavy (non-hydrogen) atoms. The van der Waals surface area contributed by atoms with E-state index >= 15 is 0 Å². The second-order valence-electron chi connectivity index (χ2n) is 7.78. The quantitative estimate of drug-likeness (QED) is 0.696. The SMILES string of the molecule is CC(CCCO)C(=O)N1CCC(n2cc(-c3cnc4ccccc4n3)cn2)CC1. The van der Waals surface area contributed by atoms with E-state index in [9.17, 15) is 4.79 Å². The van der Waals surface area contributed by atoms with E-state index in [0.29, 0.717) is 6.42 Å². The Bertz CT molecular complexity index is 978. The molecule has 0 bridgehead atoms. The summed E-state index contributed by atoms with van der Waals surface area (Å²) < 4.78 is 2.00. The largest absolute Gasteiger partial charge is 0.396 e. The number of rotatable bonds is 6. The number of likely N-dealkylation sites (tertiary alicyclic amines) is 1. The highest BCUT2D eigenvalue weighted by molar-refractivity contribution is 5.78. The summed E-state index contributed by atoms with van der Waals surface area (Å²) in [7, 11) is 0. The molecule has 1 aromatic carbocycles. The number of hydrogen-bond donors (Lipinski definition) is 1. The highest BCUT2D eigenvalue weighted by atomic mass is 16.3. The zero-order chi connectivity index (χ0) is 20.2. The molecule has 0 spiro atoms. The fourth-order valence-electron chi connectivity index (χ4n) is 3.95. The number of carbonyl (C=O) groups is 1. The Morgan fingerprint density at radius 2 is 1.97 bits per heavy atom. The van der Waals surface area contributed by atoms with Crippen LogP contribution in [0.25, 0.3) is 22.3 Å². The van der Waals surface area contributed by atoms with Gasteiger partial charge in [0.05, 0.1) is 35.2 Å². The molecule has 0 radical (unpaired) electrons. The van der Waals surface area contributed by atoms with Gasteiger partial charge in [0.2, 0.25) is 5.91 Å². The maximum atomic E-state index is 12.6. The van der Waals surface area contributed by atoms with Crippen LogP contribution in [0, 0.1) is 5.92 Å². The highest BCUT2D eigenvalue weighted by Gasteiger charge is 2.27. The van der Waals surface area contributed by atoms with Gasteiger partial charge in [0, 0.05) is 37.4 Å². The number of fused-ring (bicyclic) bond motifs is 1. The summed E-state index contributed by atoms with van der Waals surface area (Å²) in [5, 5.41) is 13.5. The molecule has 1 unspecified atom stereocenters. The monoisotopic (exact) mass is 393 g/mol. The predicted molar refractivity (Wildman–Crippen MR) is 111 cm³/mol. The van der Waals surface area contributed by atoms with Crippen LogP contribution in [0.2, 0.25) is 0 Å². The molecule has 1 fully saturated rings. The summed E-state index contributed by atoms with van der Waals surface area (Å²) in [6.45, 7) is 3.59. The molecule has 1 N–H and O–H groups in total. The topological polar surface area (TPSA) is 84.1 Å². The number of aliphatic hydroxyl groups is 1. The van der Waals surface area contributed by atoms with E-state index in [1.807, 2.05) is 53.2 Å². The van der Waals surface area contributed by atoms with Crippen molar-refractivity contribution in [3.05, 3.63) is 42.9 Å². The summed E-state index contributed by atoms with van der Waals surface area (Å²) in [5.41, 5.74) is 3.54. The molecule has 0 aliphatic carbocycles. The molecule has 7 nitrogen and oxygen atoms in total. The van der Waals surface area contributed by atoms with Crippen LogP contribution in [0.15, 0.2) is 42.9 Å². The lowest BCUT2D eigenvalue weighted by Crippen LogP contribution is -2.41. The van der Waals surface area contributed by atoms with Crippen molar-refractivity contribution in [2.75, 3.05) is 19.7 Å². The first-order valence-electron chi connectivity index (χ1n) is 10.3. The van der Waals surface area contributed by atoms with Crippen molar-refractivity contribution >= 4 is 16.9 Å². The Kier molecular flexibility index (Phi) is 5.85. The number of benzene rings is 1.